The van der Waals surface area contributed by atoms with Gasteiger partial charge in [0.1, 0.15) is 5.78 Å². The Morgan fingerprint density at radius 2 is 1.57 bits per heavy atom. The van der Waals surface area contributed by atoms with Gasteiger partial charge in [0, 0.05) is 35.9 Å². The van der Waals surface area contributed by atoms with E-state index in [1.807, 2.05) is 13.8 Å². The van der Waals surface area contributed by atoms with Gasteiger partial charge in [-0.25, -0.2) is 0 Å². The zero-order valence-corrected chi connectivity index (χ0v) is 6.44. The van der Waals surface area contributed by atoms with E-state index in [4.69, 9.17) is 0 Å². The van der Waals surface area contributed by atoms with Crippen molar-refractivity contribution < 1.29 is 4.79 Å². The van der Waals surface area contributed by atoms with E-state index in [1.165, 1.54) is 0 Å². The van der Waals surface area contributed by atoms with Gasteiger partial charge in [-0.15, -0.1) is 0 Å². The van der Waals surface area contributed by atoms with E-state index in [-0.39, 0.29) is 23.1 Å². The van der Waals surface area contributed by atoms with Crippen LogP contribution < -0.4 is 0 Å². The van der Waals surface area contributed by atoms with Crippen LogP contribution in [-0.4, -0.2) is 28.8 Å². The number of Topliss-reactive ketones (excluding diaryl/α,β-unsaturated/α-hetero) is 1. The summed E-state index contributed by atoms with van der Waals surface area (Å²) in [5.41, 5.74) is 0. The van der Waals surface area contributed by atoms with Crippen molar-refractivity contribution >= 4 is 28.8 Å². The number of hydrogen-bond donors (Lipinski definition) is 0. The van der Waals surface area contributed by atoms with Gasteiger partial charge < -0.3 is 0 Å². The topological polar surface area (TPSA) is 17.1 Å². The lowest BCUT2D eigenvalue weighted by Gasteiger charge is -1.81. The third kappa shape index (κ3) is 6.44. The van der Waals surface area contributed by atoms with E-state index in [9.17, 15) is 4.79 Å². The largest absolute Gasteiger partial charge is 0.300 e. The van der Waals surface area contributed by atoms with E-state index in [2.05, 4.69) is 0 Å². The molecule has 0 saturated carbocycles. The van der Waals surface area contributed by atoms with Crippen molar-refractivity contribution in [2.24, 2.45) is 0 Å². The number of carbonyl (C=O) groups is 1. The van der Waals surface area contributed by atoms with Gasteiger partial charge in [-0.05, 0) is 0 Å². The first-order valence-corrected chi connectivity index (χ1v) is 2.33. The van der Waals surface area contributed by atoms with Crippen LogP contribution in [0.3, 0.4) is 0 Å². The average molecular weight is 110 g/mol. The molecule has 0 saturated heterocycles. The first-order valence-electron chi connectivity index (χ1n) is 2.33. The molecule has 0 aromatic heterocycles. The van der Waals surface area contributed by atoms with Gasteiger partial charge in [-0.1, -0.05) is 13.8 Å². The molecule has 0 aliphatic carbocycles. The van der Waals surface area contributed by atoms with Crippen LogP contribution in [-0.2, 0) is 4.79 Å². The number of rotatable bonds is 2. The zero-order chi connectivity index (χ0) is 4.99. The van der Waals surface area contributed by atoms with Gasteiger partial charge in [0.05, 0.1) is 0 Å². The summed E-state index contributed by atoms with van der Waals surface area (Å²) in [5, 5.41) is 0. The molecule has 0 aromatic rings. The molecule has 1 nitrogen and oxygen atoms in total. The second kappa shape index (κ2) is 6.44. The van der Waals surface area contributed by atoms with Gasteiger partial charge in [0.25, 0.3) is 0 Å². The Labute approximate surface area is 60.6 Å². The molecule has 0 heterocycles. The van der Waals surface area contributed by atoms with Crippen molar-refractivity contribution in [2.45, 2.75) is 26.7 Å². The van der Waals surface area contributed by atoms with E-state index in [0.29, 0.717) is 18.6 Å². The molecule has 0 aliphatic rings. The lowest BCUT2D eigenvalue weighted by atomic mass is 10.3. The van der Waals surface area contributed by atoms with Gasteiger partial charge in [0.15, 0.2) is 0 Å². The van der Waals surface area contributed by atoms with Crippen molar-refractivity contribution in [3.05, 3.63) is 0 Å². The summed E-state index contributed by atoms with van der Waals surface area (Å²) in [6.45, 7) is 3.76. The lowest BCUT2D eigenvalue weighted by molar-refractivity contribution is -0.118. The van der Waals surface area contributed by atoms with Crippen LogP contribution in [0.1, 0.15) is 26.7 Å². The lowest BCUT2D eigenvalue weighted by Crippen LogP contribution is -1.88. The quantitative estimate of drug-likeness (QED) is 0.485. The van der Waals surface area contributed by atoms with Crippen LogP contribution in [0.25, 0.3) is 0 Å². The predicted octanol–water partition coefficient (Wildman–Crippen LogP) is 0.995. The summed E-state index contributed by atoms with van der Waals surface area (Å²) in [5.74, 6) is 0.343. The minimum absolute atomic E-state index is 0. The van der Waals surface area contributed by atoms with Crippen molar-refractivity contribution in [3.8, 4) is 0 Å². The highest BCUT2D eigenvalue weighted by Crippen LogP contribution is 1.82. The molecular formula is C5H10MgO. The number of hydrogen-bond acceptors (Lipinski definition) is 1. The average Bonchev–Trinajstić information content (AvgIpc) is 1.65. The number of carbonyl (C=O) groups excluding carboxylic acids is 1. The molecule has 38 valence electrons. The summed E-state index contributed by atoms with van der Waals surface area (Å²) in [6.07, 6.45) is 1.38. The maximum atomic E-state index is 10.2. The fraction of sp³-hybridized carbons (Fsp3) is 0.800. The Kier molecular flexibility index (Phi) is 9.58. The van der Waals surface area contributed by atoms with E-state index in [0.717, 1.165) is 0 Å². The minimum atomic E-state index is 0. The fourth-order valence-corrected chi connectivity index (χ4v) is 0.250. The van der Waals surface area contributed by atoms with Crippen LogP contribution in [0.4, 0.5) is 0 Å². The molecule has 0 spiro atoms. The predicted molar refractivity (Wildman–Crippen MR) is 31.3 cm³/mol. The molecule has 0 amide bonds. The molecule has 0 aromatic carbocycles. The Bertz CT molecular complexity index is 46.0. The highest BCUT2D eigenvalue weighted by atomic mass is 24.3. The molecule has 0 N–H and O–H groups in total. The fourth-order valence-electron chi connectivity index (χ4n) is 0.250. The van der Waals surface area contributed by atoms with Gasteiger partial charge in [0.2, 0.25) is 0 Å². The van der Waals surface area contributed by atoms with E-state index in [1.54, 1.807) is 0 Å². The van der Waals surface area contributed by atoms with Crippen molar-refractivity contribution in [1.29, 1.82) is 0 Å². The molecule has 0 rings (SSSR count). The molecular weight excluding hydrogens is 100 g/mol. The molecule has 0 aliphatic heterocycles. The van der Waals surface area contributed by atoms with Crippen molar-refractivity contribution in [2.75, 3.05) is 0 Å². The van der Waals surface area contributed by atoms with Gasteiger partial charge >= 0.3 is 0 Å². The molecule has 0 unspecified atom stereocenters. The Balaban J connectivity index is 0. The minimum Gasteiger partial charge on any atom is -0.300 e. The second-order valence-corrected chi connectivity index (χ2v) is 1.25. The smallest absolute Gasteiger partial charge is 0.132 e. The highest BCUT2D eigenvalue weighted by molar-refractivity contribution is 5.77. The van der Waals surface area contributed by atoms with Crippen LogP contribution in [0.5, 0.6) is 0 Å². The Hall–Kier alpha value is 0.436. The van der Waals surface area contributed by atoms with Gasteiger partial charge in [-0.3, -0.25) is 4.79 Å². The van der Waals surface area contributed by atoms with Crippen molar-refractivity contribution in [3.63, 3.8) is 0 Å². The molecule has 0 fully saturated rings. The molecule has 0 bridgehead atoms. The Morgan fingerprint density at radius 1 is 1.29 bits per heavy atom. The summed E-state index contributed by atoms with van der Waals surface area (Å²) < 4.78 is 0. The summed E-state index contributed by atoms with van der Waals surface area (Å²) >= 11 is 0. The van der Waals surface area contributed by atoms with Gasteiger partial charge in [-0.2, -0.15) is 0 Å². The van der Waals surface area contributed by atoms with Crippen LogP contribution in [0.2, 0.25) is 0 Å². The molecule has 7 heavy (non-hydrogen) atoms. The third-order valence-corrected chi connectivity index (χ3v) is 0.789. The first-order chi connectivity index (χ1) is 2.81. The zero-order valence-electron chi connectivity index (χ0n) is 5.03. The second-order valence-electron chi connectivity index (χ2n) is 1.25. The summed E-state index contributed by atoms with van der Waals surface area (Å²) in [7, 11) is 0. The first kappa shape index (κ1) is 10.4. The molecule has 2 heteroatoms. The Morgan fingerprint density at radius 3 is 1.57 bits per heavy atom. The van der Waals surface area contributed by atoms with E-state index < -0.39 is 0 Å². The number of ketones is 1. The highest BCUT2D eigenvalue weighted by Gasteiger charge is 1.86. The maximum absolute atomic E-state index is 10.2. The van der Waals surface area contributed by atoms with E-state index >= 15 is 0 Å². The van der Waals surface area contributed by atoms with Crippen LogP contribution >= 0.6 is 0 Å². The summed E-state index contributed by atoms with van der Waals surface area (Å²) in [6, 6.07) is 0. The SMILES string of the molecule is CCC(=O)CC.[Mg]. The third-order valence-electron chi connectivity index (χ3n) is 0.789. The molecule has 2 radical (unpaired) electrons. The van der Waals surface area contributed by atoms with Crippen LogP contribution in [0, 0.1) is 0 Å². The maximum Gasteiger partial charge on any atom is 0.132 e. The van der Waals surface area contributed by atoms with Crippen molar-refractivity contribution in [1.82, 2.24) is 0 Å². The summed E-state index contributed by atoms with van der Waals surface area (Å²) in [4.78, 5) is 10.2. The monoisotopic (exact) mass is 110 g/mol. The van der Waals surface area contributed by atoms with Crippen LogP contribution in [0.15, 0.2) is 0 Å². The normalized spacial score (nSPS) is 7.14. The molecule has 0 atom stereocenters. The standard InChI is InChI=1S/C5H10O.Mg/c1-3-5(6)4-2;/h3-4H2,1-2H3;.